The number of likely N-dealkylation sites (tertiary alicyclic amines) is 1. The Morgan fingerprint density at radius 2 is 1.96 bits per heavy atom. The minimum atomic E-state index is -4.60. The van der Waals surface area contributed by atoms with Crippen molar-refractivity contribution in [2.24, 2.45) is 0 Å². The van der Waals surface area contributed by atoms with Crippen LogP contribution in [-0.4, -0.2) is 65.3 Å². The zero-order valence-electron chi connectivity index (χ0n) is 13.7. The van der Waals surface area contributed by atoms with E-state index >= 15 is 0 Å². The van der Waals surface area contributed by atoms with Crippen LogP contribution in [0.2, 0.25) is 0 Å². The highest BCUT2D eigenvalue weighted by Gasteiger charge is 2.37. The fourth-order valence-corrected chi connectivity index (χ4v) is 4.94. The average molecular weight is 393 g/mol. The van der Waals surface area contributed by atoms with Crippen molar-refractivity contribution in [3.63, 3.8) is 0 Å². The first-order chi connectivity index (χ1) is 12.2. The number of carbonyl (C=O) groups is 1. The van der Waals surface area contributed by atoms with Crippen LogP contribution in [0.5, 0.6) is 0 Å². The summed E-state index contributed by atoms with van der Waals surface area (Å²) < 4.78 is 62.9. The molecule has 3 heterocycles. The predicted octanol–water partition coefficient (Wildman–Crippen LogP) is 1.53. The van der Waals surface area contributed by atoms with Gasteiger partial charge in [0.2, 0.25) is 10.0 Å². The number of nitrogens with one attached hydrogen (secondary N) is 1. The van der Waals surface area contributed by atoms with Gasteiger partial charge in [-0.25, -0.2) is 13.2 Å². The van der Waals surface area contributed by atoms with E-state index in [-0.39, 0.29) is 24.2 Å². The highest BCUT2D eigenvalue weighted by molar-refractivity contribution is 7.89. The predicted molar refractivity (Wildman–Crippen MR) is 85.8 cm³/mol. The zero-order valence-corrected chi connectivity index (χ0v) is 14.6. The van der Waals surface area contributed by atoms with E-state index in [4.69, 9.17) is 0 Å². The molecule has 2 aliphatic heterocycles. The van der Waals surface area contributed by atoms with Crippen molar-refractivity contribution in [2.45, 2.75) is 31.5 Å². The van der Waals surface area contributed by atoms with Crippen LogP contribution >= 0.6 is 0 Å². The quantitative estimate of drug-likeness (QED) is 0.822. The van der Waals surface area contributed by atoms with E-state index in [0.717, 1.165) is 12.1 Å². The molecule has 1 N–H and O–H groups in total. The maximum Gasteiger partial charge on any atom is 0.435 e. The number of rotatable bonds is 2. The Bertz CT molecular complexity index is 769. The molecule has 1 aromatic rings. The van der Waals surface area contributed by atoms with Crippen molar-refractivity contribution < 1.29 is 26.4 Å². The third kappa shape index (κ3) is 4.06. The third-order valence-electron chi connectivity index (χ3n) is 4.42. The van der Waals surface area contributed by atoms with Crippen molar-refractivity contribution in [3.05, 3.63) is 17.8 Å². The van der Waals surface area contributed by atoms with Crippen molar-refractivity contribution in [1.29, 1.82) is 0 Å². The van der Waals surface area contributed by atoms with Crippen LogP contribution in [0.15, 0.2) is 12.1 Å². The monoisotopic (exact) mass is 393 g/mol. The summed E-state index contributed by atoms with van der Waals surface area (Å²) in [4.78, 5) is 13.8. The Balaban J connectivity index is 1.63. The van der Waals surface area contributed by atoms with Gasteiger partial charge in [0.05, 0.1) is 5.75 Å². The van der Waals surface area contributed by atoms with Crippen molar-refractivity contribution >= 4 is 21.9 Å². The number of hydrogen-bond donors (Lipinski definition) is 1. The van der Waals surface area contributed by atoms with Gasteiger partial charge in [0, 0.05) is 25.7 Å². The van der Waals surface area contributed by atoms with Gasteiger partial charge in [-0.1, -0.05) is 0 Å². The number of nitrogens with zero attached hydrogens (tertiary/aromatic N) is 4. The van der Waals surface area contributed by atoms with E-state index in [1.807, 2.05) is 0 Å². The Labute approximate surface area is 148 Å². The van der Waals surface area contributed by atoms with Gasteiger partial charge in [0.1, 0.15) is 0 Å². The molecule has 0 spiro atoms. The van der Waals surface area contributed by atoms with Crippen LogP contribution in [0, 0.1) is 0 Å². The number of halogens is 3. The molecule has 0 radical (unpaired) electrons. The lowest BCUT2D eigenvalue weighted by atomic mass is 10.1. The first kappa shape index (κ1) is 18.8. The Morgan fingerprint density at radius 3 is 2.54 bits per heavy atom. The van der Waals surface area contributed by atoms with Gasteiger partial charge in [-0.3, -0.25) is 5.32 Å². The number of carbonyl (C=O) groups excluding carboxylic acids is 1. The lowest BCUT2D eigenvalue weighted by Gasteiger charge is -2.36. The highest BCUT2D eigenvalue weighted by Crippen LogP contribution is 2.27. The first-order valence-corrected chi connectivity index (χ1v) is 9.74. The molecule has 2 amide bonds. The number of piperidine rings is 1. The highest BCUT2D eigenvalue weighted by atomic mass is 32.2. The van der Waals surface area contributed by atoms with Crippen molar-refractivity contribution in [2.75, 3.05) is 30.7 Å². The SMILES string of the molecule is O=C(Nc1ccc(C(F)(F)F)nn1)N1CCCC(N2CCCS2(=O)=O)C1. The molecule has 1 unspecified atom stereocenters. The molecule has 0 aliphatic carbocycles. The minimum absolute atomic E-state index is 0.0982. The van der Waals surface area contributed by atoms with Crippen molar-refractivity contribution in [1.82, 2.24) is 19.4 Å². The molecule has 1 atom stereocenters. The summed E-state index contributed by atoms with van der Waals surface area (Å²) >= 11 is 0. The maximum atomic E-state index is 12.5. The van der Waals surface area contributed by atoms with Gasteiger partial charge < -0.3 is 4.90 Å². The molecule has 2 aliphatic rings. The van der Waals surface area contributed by atoms with E-state index in [9.17, 15) is 26.4 Å². The number of urea groups is 1. The molecule has 26 heavy (non-hydrogen) atoms. The number of sulfonamides is 1. The number of alkyl halides is 3. The molecule has 0 aromatic carbocycles. The zero-order chi connectivity index (χ0) is 18.9. The largest absolute Gasteiger partial charge is 0.435 e. The number of amides is 2. The lowest BCUT2D eigenvalue weighted by molar-refractivity contribution is -0.141. The van der Waals surface area contributed by atoms with E-state index in [0.29, 0.717) is 32.4 Å². The van der Waals surface area contributed by atoms with Crippen LogP contribution in [0.25, 0.3) is 0 Å². The fourth-order valence-electron chi connectivity index (χ4n) is 3.18. The molecule has 0 bridgehead atoms. The summed E-state index contributed by atoms with van der Waals surface area (Å²) in [6.07, 6.45) is -2.71. The second-order valence-electron chi connectivity index (χ2n) is 6.25. The van der Waals surface area contributed by atoms with Crippen LogP contribution in [-0.2, 0) is 16.2 Å². The lowest BCUT2D eigenvalue weighted by Crippen LogP contribution is -2.51. The molecule has 0 saturated carbocycles. The first-order valence-electron chi connectivity index (χ1n) is 8.13. The minimum Gasteiger partial charge on any atom is -0.323 e. The van der Waals surface area contributed by atoms with E-state index in [1.54, 1.807) is 0 Å². The molecule has 1 aromatic heterocycles. The molecule has 3 rings (SSSR count). The van der Waals surface area contributed by atoms with Gasteiger partial charge in [-0.15, -0.1) is 10.2 Å². The second kappa shape index (κ2) is 6.99. The van der Waals surface area contributed by atoms with Gasteiger partial charge in [0.25, 0.3) is 0 Å². The Kier molecular flexibility index (Phi) is 5.06. The van der Waals surface area contributed by atoms with Gasteiger partial charge >= 0.3 is 12.2 Å². The summed E-state index contributed by atoms with van der Waals surface area (Å²) in [7, 11) is -3.27. The van der Waals surface area contributed by atoms with Gasteiger partial charge in [-0.2, -0.15) is 17.5 Å². The summed E-state index contributed by atoms with van der Waals surface area (Å²) in [6.45, 7) is 1.12. The molecular formula is C14H18F3N5O3S. The normalized spacial score (nSPS) is 23.8. The number of hydrogen-bond acceptors (Lipinski definition) is 5. The van der Waals surface area contributed by atoms with E-state index in [1.165, 1.54) is 9.21 Å². The molecule has 8 nitrogen and oxygen atoms in total. The third-order valence-corrected chi connectivity index (χ3v) is 6.42. The Hall–Kier alpha value is -1.95. The summed E-state index contributed by atoms with van der Waals surface area (Å²) in [6, 6.07) is 0.944. The van der Waals surface area contributed by atoms with Gasteiger partial charge in [0.15, 0.2) is 11.5 Å². The van der Waals surface area contributed by atoms with Crippen LogP contribution in [0.1, 0.15) is 25.0 Å². The fraction of sp³-hybridized carbons (Fsp3) is 0.643. The molecule has 12 heteroatoms. The number of anilines is 1. The average Bonchev–Trinajstić information content (AvgIpc) is 2.94. The maximum absolute atomic E-state index is 12.5. The topological polar surface area (TPSA) is 95.5 Å². The van der Waals surface area contributed by atoms with Crippen molar-refractivity contribution in [3.8, 4) is 0 Å². The molecule has 144 valence electrons. The molecular weight excluding hydrogens is 375 g/mol. The van der Waals surface area contributed by atoms with E-state index < -0.39 is 27.9 Å². The van der Waals surface area contributed by atoms with Crippen LogP contribution in [0.3, 0.4) is 0 Å². The molecule has 2 fully saturated rings. The van der Waals surface area contributed by atoms with Crippen LogP contribution in [0.4, 0.5) is 23.8 Å². The summed E-state index contributed by atoms with van der Waals surface area (Å²) in [5.74, 6) is 0.0236. The smallest absolute Gasteiger partial charge is 0.323 e. The standard InChI is InChI=1S/C14H18F3N5O3S/c15-14(16,17)11-4-5-12(20-19-11)18-13(23)21-6-1-3-10(9-21)22-7-2-8-26(22,24)25/h4-5,10H,1-3,6-9H2,(H,18,20,23). The summed E-state index contributed by atoms with van der Waals surface area (Å²) in [5, 5.41) is 8.81. The van der Waals surface area contributed by atoms with Crippen LogP contribution < -0.4 is 5.32 Å². The molecule has 2 saturated heterocycles. The second-order valence-corrected chi connectivity index (χ2v) is 8.30. The van der Waals surface area contributed by atoms with Gasteiger partial charge in [-0.05, 0) is 31.4 Å². The summed E-state index contributed by atoms with van der Waals surface area (Å²) in [5.41, 5.74) is -1.15. The Morgan fingerprint density at radius 1 is 1.19 bits per heavy atom. The number of aromatic nitrogens is 2. The van der Waals surface area contributed by atoms with E-state index in [2.05, 4.69) is 15.5 Å².